The number of fused-ring (bicyclic) bond motifs is 1. The van der Waals surface area contributed by atoms with Gasteiger partial charge in [-0.2, -0.15) is 0 Å². The van der Waals surface area contributed by atoms with E-state index in [2.05, 4.69) is 0 Å². The maximum absolute atomic E-state index is 14.2. The van der Waals surface area contributed by atoms with Crippen molar-refractivity contribution in [2.75, 3.05) is 18.0 Å². The van der Waals surface area contributed by atoms with E-state index in [4.69, 9.17) is 21.1 Å². The van der Waals surface area contributed by atoms with Gasteiger partial charge in [-0.15, -0.1) is 0 Å². The molecule has 1 heterocycles. The largest absolute Gasteiger partial charge is 0.486 e. The molecular weight excluding hydrogens is 517 g/mol. The van der Waals surface area contributed by atoms with Gasteiger partial charge in [0.15, 0.2) is 0 Å². The number of methoxy groups -OCH3 is 1. The Morgan fingerprint density at radius 1 is 1.16 bits per heavy atom. The molecule has 0 bridgehead atoms. The second kappa shape index (κ2) is 11.4. The molecule has 1 aliphatic rings. The first kappa shape index (κ1) is 26.7. The summed E-state index contributed by atoms with van der Waals surface area (Å²) in [6.45, 7) is 1.91. The zero-order chi connectivity index (χ0) is 26.6. The quantitative estimate of drug-likeness (QED) is 0.248. The second-order valence-electron chi connectivity index (χ2n) is 8.76. The predicted molar refractivity (Wildman–Crippen MR) is 143 cm³/mol. The number of hydrogen-bond donors (Lipinski definition) is 0. The molecule has 3 aromatic carbocycles. The standard InChI is InChI=1S/C28H27ClFNO5S/c1-19-6-3-8-22(16-19)37(33,34)31-18-21(7-4-11-28(32)35-2)36-27-15-13-20(17-26(27)31)12-14-23-24(29)9-5-10-25(23)30/h3,5-6,8-10,12-17,21H,4,7,11,18H2,1-2H3/b14-12+/t21-/m0/s1. The van der Waals surface area contributed by atoms with E-state index in [0.717, 1.165) is 5.56 Å². The first-order chi connectivity index (χ1) is 17.7. The minimum atomic E-state index is -3.92. The fourth-order valence-electron chi connectivity index (χ4n) is 4.14. The molecular formula is C28H27ClFNO5S. The number of anilines is 1. The van der Waals surface area contributed by atoms with E-state index in [1.807, 2.05) is 13.0 Å². The number of benzene rings is 3. The molecule has 0 spiro atoms. The van der Waals surface area contributed by atoms with E-state index in [1.165, 1.54) is 23.5 Å². The molecule has 0 fully saturated rings. The Kier molecular flexibility index (Phi) is 8.19. The Balaban J connectivity index is 1.69. The molecule has 0 saturated carbocycles. The highest BCUT2D eigenvalue weighted by atomic mass is 35.5. The van der Waals surface area contributed by atoms with Crippen LogP contribution in [-0.2, 0) is 19.6 Å². The van der Waals surface area contributed by atoms with E-state index in [9.17, 15) is 17.6 Å². The lowest BCUT2D eigenvalue weighted by Gasteiger charge is -2.36. The number of ether oxygens (including phenoxy) is 2. The number of rotatable bonds is 8. The lowest BCUT2D eigenvalue weighted by atomic mass is 10.1. The van der Waals surface area contributed by atoms with Crippen LogP contribution in [0.3, 0.4) is 0 Å². The van der Waals surface area contributed by atoms with Gasteiger partial charge in [0.2, 0.25) is 0 Å². The number of nitrogens with zero attached hydrogens (tertiary/aromatic N) is 1. The normalized spacial score (nSPS) is 15.4. The number of esters is 1. The van der Waals surface area contributed by atoms with Crippen LogP contribution in [0.4, 0.5) is 10.1 Å². The molecule has 3 aromatic rings. The van der Waals surface area contributed by atoms with Gasteiger partial charge in [0, 0.05) is 12.0 Å². The maximum atomic E-state index is 14.2. The van der Waals surface area contributed by atoms with Gasteiger partial charge in [-0.25, -0.2) is 12.8 Å². The minimum absolute atomic E-state index is 0.0801. The lowest BCUT2D eigenvalue weighted by Crippen LogP contribution is -2.43. The summed E-state index contributed by atoms with van der Waals surface area (Å²) in [5, 5.41) is 0.274. The molecule has 1 atom stereocenters. The van der Waals surface area contributed by atoms with E-state index in [-0.39, 0.29) is 34.4 Å². The molecule has 194 valence electrons. The van der Waals surface area contributed by atoms with Gasteiger partial charge >= 0.3 is 5.97 Å². The summed E-state index contributed by atoms with van der Waals surface area (Å²) in [6, 6.07) is 16.3. The minimum Gasteiger partial charge on any atom is -0.486 e. The molecule has 6 nitrogen and oxygen atoms in total. The third-order valence-electron chi connectivity index (χ3n) is 6.07. The summed E-state index contributed by atoms with van der Waals surface area (Å²) in [7, 11) is -2.59. The van der Waals surface area contributed by atoms with Crippen molar-refractivity contribution in [1.29, 1.82) is 0 Å². The Hall–Kier alpha value is -3.36. The van der Waals surface area contributed by atoms with Crippen LogP contribution in [0.15, 0.2) is 65.6 Å². The molecule has 0 aliphatic carbocycles. The van der Waals surface area contributed by atoms with E-state index in [1.54, 1.807) is 54.6 Å². The van der Waals surface area contributed by atoms with Crippen molar-refractivity contribution in [3.8, 4) is 5.75 Å². The zero-order valence-electron chi connectivity index (χ0n) is 20.5. The highest BCUT2D eigenvalue weighted by Crippen LogP contribution is 2.39. The second-order valence-corrected chi connectivity index (χ2v) is 11.0. The van der Waals surface area contributed by atoms with Crippen LogP contribution in [0.25, 0.3) is 12.2 Å². The zero-order valence-corrected chi connectivity index (χ0v) is 22.1. The number of aryl methyl sites for hydroxylation is 1. The van der Waals surface area contributed by atoms with Crippen LogP contribution >= 0.6 is 11.6 Å². The molecule has 4 rings (SSSR count). The summed E-state index contributed by atoms with van der Waals surface area (Å²) in [5.41, 5.74) is 2.10. The van der Waals surface area contributed by atoms with Gasteiger partial charge in [-0.1, -0.05) is 41.9 Å². The summed E-state index contributed by atoms with van der Waals surface area (Å²) in [5.74, 6) is -0.373. The van der Waals surface area contributed by atoms with Crippen LogP contribution in [-0.4, -0.2) is 34.1 Å². The topological polar surface area (TPSA) is 72.9 Å². The summed E-state index contributed by atoms with van der Waals surface area (Å²) in [6.07, 6.45) is 3.96. The van der Waals surface area contributed by atoms with Crippen LogP contribution in [0.2, 0.25) is 5.02 Å². The monoisotopic (exact) mass is 543 g/mol. The van der Waals surface area contributed by atoms with Gasteiger partial charge in [-0.3, -0.25) is 9.10 Å². The van der Waals surface area contributed by atoms with Crippen LogP contribution in [0, 0.1) is 12.7 Å². The average molecular weight is 544 g/mol. The maximum Gasteiger partial charge on any atom is 0.305 e. The third-order valence-corrected chi connectivity index (χ3v) is 8.17. The number of carbonyl (C=O) groups excluding carboxylic acids is 1. The molecule has 0 amide bonds. The molecule has 0 N–H and O–H groups in total. The first-order valence-corrected chi connectivity index (χ1v) is 13.6. The van der Waals surface area contributed by atoms with Crippen molar-refractivity contribution >= 4 is 45.4 Å². The smallest absolute Gasteiger partial charge is 0.305 e. The van der Waals surface area contributed by atoms with E-state index in [0.29, 0.717) is 29.8 Å². The Bertz CT molecular complexity index is 1420. The number of hydrogen-bond acceptors (Lipinski definition) is 5. The SMILES string of the molecule is COC(=O)CCC[C@H]1CN(S(=O)(=O)c2cccc(C)c2)c2cc(/C=C/c3c(F)cccc3Cl)ccc2O1. The number of halogens is 2. The summed E-state index contributed by atoms with van der Waals surface area (Å²) in [4.78, 5) is 11.7. The highest BCUT2D eigenvalue weighted by molar-refractivity contribution is 7.92. The molecule has 0 unspecified atom stereocenters. The Labute approximate surface area is 221 Å². The van der Waals surface area contributed by atoms with Crippen molar-refractivity contribution in [2.24, 2.45) is 0 Å². The Morgan fingerprint density at radius 2 is 1.95 bits per heavy atom. The van der Waals surface area contributed by atoms with Gasteiger partial charge in [0.05, 0.1) is 29.3 Å². The van der Waals surface area contributed by atoms with Crippen molar-refractivity contribution in [3.63, 3.8) is 0 Å². The van der Waals surface area contributed by atoms with Crippen LogP contribution in [0.1, 0.15) is 36.0 Å². The van der Waals surface area contributed by atoms with Gasteiger partial charge in [0.25, 0.3) is 10.0 Å². The van der Waals surface area contributed by atoms with Crippen LogP contribution in [0.5, 0.6) is 5.75 Å². The van der Waals surface area contributed by atoms with Gasteiger partial charge < -0.3 is 9.47 Å². The van der Waals surface area contributed by atoms with E-state index >= 15 is 0 Å². The molecule has 1 aliphatic heterocycles. The fraction of sp³-hybridized carbons (Fsp3) is 0.250. The van der Waals surface area contributed by atoms with E-state index < -0.39 is 21.9 Å². The Morgan fingerprint density at radius 3 is 2.68 bits per heavy atom. The predicted octanol–water partition coefficient (Wildman–Crippen LogP) is 6.26. The lowest BCUT2D eigenvalue weighted by molar-refractivity contribution is -0.140. The summed E-state index contributed by atoms with van der Waals surface area (Å²) >= 11 is 6.13. The molecule has 0 radical (unpaired) electrons. The van der Waals surface area contributed by atoms with Crippen molar-refractivity contribution < 1.29 is 27.1 Å². The number of sulfonamides is 1. The molecule has 0 saturated heterocycles. The molecule has 9 heteroatoms. The van der Waals surface area contributed by atoms with Crippen LogP contribution < -0.4 is 9.04 Å². The summed E-state index contributed by atoms with van der Waals surface area (Å²) < 4.78 is 53.9. The van der Waals surface area contributed by atoms with Crippen molar-refractivity contribution in [1.82, 2.24) is 0 Å². The highest BCUT2D eigenvalue weighted by Gasteiger charge is 2.34. The van der Waals surface area contributed by atoms with Crippen molar-refractivity contribution in [3.05, 3.63) is 88.2 Å². The fourth-order valence-corrected chi connectivity index (χ4v) is 5.97. The third kappa shape index (κ3) is 6.14. The first-order valence-electron chi connectivity index (χ1n) is 11.8. The molecule has 0 aromatic heterocycles. The average Bonchev–Trinajstić information content (AvgIpc) is 2.87. The van der Waals surface area contributed by atoms with Gasteiger partial charge in [0.1, 0.15) is 17.7 Å². The van der Waals surface area contributed by atoms with Gasteiger partial charge in [-0.05, 0) is 73.4 Å². The van der Waals surface area contributed by atoms with Crippen molar-refractivity contribution in [2.45, 2.75) is 37.2 Å². The molecule has 37 heavy (non-hydrogen) atoms. The number of carbonyl (C=O) groups is 1.